The largest absolute Gasteiger partial charge is 0.484 e. The van der Waals surface area contributed by atoms with Crippen LogP contribution in [0.4, 0.5) is 0 Å². The van der Waals surface area contributed by atoms with E-state index in [4.69, 9.17) is 9.15 Å². The van der Waals surface area contributed by atoms with Crippen LogP contribution in [0.5, 0.6) is 5.75 Å². The van der Waals surface area contributed by atoms with Gasteiger partial charge in [-0.3, -0.25) is 4.98 Å². The maximum absolute atomic E-state index is 5.84. The number of hydrogen-bond acceptors (Lipinski definition) is 4. The predicted molar refractivity (Wildman–Crippen MR) is 78.9 cm³/mol. The molecule has 0 unspecified atom stereocenters. The number of aromatic nitrogens is 1. The number of aryl methyl sites for hydroxylation is 3. The summed E-state index contributed by atoms with van der Waals surface area (Å²) in [6.07, 6.45) is 0.860. The fourth-order valence-electron chi connectivity index (χ4n) is 2.13. The highest BCUT2D eigenvalue weighted by atomic mass is 16.5. The summed E-state index contributed by atoms with van der Waals surface area (Å²) in [5.74, 6) is 2.64. The summed E-state index contributed by atoms with van der Waals surface area (Å²) in [5, 5.41) is 3.09. The van der Waals surface area contributed by atoms with Crippen molar-refractivity contribution in [3.05, 3.63) is 46.7 Å². The van der Waals surface area contributed by atoms with Crippen LogP contribution in [-0.4, -0.2) is 12.0 Å². The zero-order chi connectivity index (χ0) is 14.5. The first-order chi connectivity index (χ1) is 9.63. The van der Waals surface area contributed by atoms with Gasteiger partial charge in [-0.1, -0.05) is 6.92 Å². The standard InChI is InChI=1S/C16H22N2O2/c1-5-14-15(7-6-12(3)18-14)19-10-13-8-11(2)16(20-13)9-17-4/h6-8,17H,5,9-10H2,1-4H3. The van der Waals surface area contributed by atoms with Gasteiger partial charge in [0.2, 0.25) is 0 Å². The van der Waals surface area contributed by atoms with Gasteiger partial charge < -0.3 is 14.5 Å². The molecule has 1 N–H and O–H groups in total. The number of hydrogen-bond donors (Lipinski definition) is 1. The van der Waals surface area contributed by atoms with Gasteiger partial charge in [0.15, 0.2) is 0 Å². The lowest BCUT2D eigenvalue weighted by Gasteiger charge is -2.09. The van der Waals surface area contributed by atoms with Crippen LogP contribution in [-0.2, 0) is 19.6 Å². The Morgan fingerprint density at radius 2 is 2.10 bits per heavy atom. The average molecular weight is 274 g/mol. The quantitative estimate of drug-likeness (QED) is 0.879. The van der Waals surface area contributed by atoms with Gasteiger partial charge in [0, 0.05) is 5.69 Å². The first kappa shape index (κ1) is 14.6. The Morgan fingerprint density at radius 1 is 1.30 bits per heavy atom. The fraction of sp³-hybridized carbons (Fsp3) is 0.438. The van der Waals surface area contributed by atoms with Crippen molar-refractivity contribution in [1.82, 2.24) is 10.3 Å². The third kappa shape index (κ3) is 3.39. The zero-order valence-electron chi connectivity index (χ0n) is 12.6. The molecule has 0 radical (unpaired) electrons. The molecule has 4 heteroatoms. The Morgan fingerprint density at radius 3 is 2.80 bits per heavy atom. The highest BCUT2D eigenvalue weighted by molar-refractivity contribution is 5.29. The second-order valence-electron chi connectivity index (χ2n) is 4.89. The van der Waals surface area contributed by atoms with E-state index in [2.05, 4.69) is 17.2 Å². The molecule has 0 aliphatic heterocycles. The molecule has 108 valence electrons. The lowest BCUT2D eigenvalue weighted by atomic mass is 10.2. The summed E-state index contributed by atoms with van der Waals surface area (Å²) in [7, 11) is 1.91. The van der Waals surface area contributed by atoms with Crippen LogP contribution in [0.1, 0.15) is 35.4 Å². The topological polar surface area (TPSA) is 47.3 Å². The van der Waals surface area contributed by atoms with Crippen molar-refractivity contribution in [3.63, 3.8) is 0 Å². The normalized spacial score (nSPS) is 10.8. The van der Waals surface area contributed by atoms with E-state index in [1.165, 1.54) is 0 Å². The highest BCUT2D eigenvalue weighted by Gasteiger charge is 2.09. The molecular weight excluding hydrogens is 252 g/mol. The van der Waals surface area contributed by atoms with Gasteiger partial charge in [-0.2, -0.15) is 0 Å². The third-order valence-corrected chi connectivity index (χ3v) is 3.19. The molecule has 0 saturated carbocycles. The molecule has 0 atom stereocenters. The first-order valence-corrected chi connectivity index (χ1v) is 6.96. The van der Waals surface area contributed by atoms with Crippen LogP contribution in [0.25, 0.3) is 0 Å². The van der Waals surface area contributed by atoms with Gasteiger partial charge in [0.05, 0.1) is 12.2 Å². The van der Waals surface area contributed by atoms with Gasteiger partial charge in [0.25, 0.3) is 0 Å². The van der Waals surface area contributed by atoms with E-state index in [-0.39, 0.29) is 0 Å². The molecule has 4 nitrogen and oxygen atoms in total. The summed E-state index contributed by atoms with van der Waals surface area (Å²) in [6, 6.07) is 5.97. The molecule has 0 aromatic carbocycles. The molecule has 2 heterocycles. The van der Waals surface area contributed by atoms with E-state index in [1.54, 1.807) is 0 Å². The number of pyridine rings is 1. The van der Waals surface area contributed by atoms with Crippen molar-refractivity contribution < 1.29 is 9.15 Å². The zero-order valence-corrected chi connectivity index (χ0v) is 12.6. The van der Waals surface area contributed by atoms with E-state index in [0.29, 0.717) is 6.61 Å². The maximum Gasteiger partial charge on any atom is 0.146 e. The van der Waals surface area contributed by atoms with Crippen LogP contribution < -0.4 is 10.1 Å². The van der Waals surface area contributed by atoms with Gasteiger partial charge in [-0.05, 0) is 51.1 Å². The summed E-state index contributed by atoms with van der Waals surface area (Å²) in [5.41, 5.74) is 3.15. The van der Waals surface area contributed by atoms with Crippen LogP contribution in [0.3, 0.4) is 0 Å². The van der Waals surface area contributed by atoms with Crippen LogP contribution in [0.2, 0.25) is 0 Å². The summed E-state index contributed by atoms with van der Waals surface area (Å²) in [4.78, 5) is 4.49. The Hall–Kier alpha value is -1.81. The monoisotopic (exact) mass is 274 g/mol. The molecule has 0 bridgehead atoms. The molecule has 2 aromatic rings. The van der Waals surface area contributed by atoms with E-state index < -0.39 is 0 Å². The number of rotatable bonds is 6. The number of nitrogens with zero attached hydrogens (tertiary/aromatic N) is 1. The van der Waals surface area contributed by atoms with Gasteiger partial charge >= 0.3 is 0 Å². The molecule has 0 saturated heterocycles. The molecule has 20 heavy (non-hydrogen) atoms. The number of nitrogens with one attached hydrogen (secondary N) is 1. The van der Waals surface area contributed by atoms with E-state index in [0.717, 1.165) is 47.2 Å². The van der Waals surface area contributed by atoms with Crippen molar-refractivity contribution >= 4 is 0 Å². The highest BCUT2D eigenvalue weighted by Crippen LogP contribution is 2.21. The molecular formula is C16H22N2O2. The third-order valence-electron chi connectivity index (χ3n) is 3.19. The second kappa shape index (κ2) is 6.57. The molecule has 0 aliphatic carbocycles. The lowest BCUT2D eigenvalue weighted by molar-refractivity contribution is 0.262. The molecule has 0 fully saturated rings. The number of ether oxygens (including phenoxy) is 1. The average Bonchev–Trinajstić information content (AvgIpc) is 2.78. The fourth-order valence-corrected chi connectivity index (χ4v) is 2.13. The van der Waals surface area contributed by atoms with Gasteiger partial charge in [-0.25, -0.2) is 0 Å². The minimum atomic E-state index is 0.433. The molecule has 2 aromatic heterocycles. The summed E-state index contributed by atoms with van der Waals surface area (Å²) < 4.78 is 11.6. The second-order valence-corrected chi connectivity index (χ2v) is 4.89. The van der Waals surface area contributed by atoms with Crippen LogP contribution in [0, 0.1) is 13.8 Å². The summed E-state index contributed by atoms with van der Waals surface area (Å²) in [6.45, 7) is 7.28. The van der Waals surface area contributed by atoms with E-state index >= 15 is 0 Å². The van der Waals surface area contributed by atoms with Crippen molar-refractivity contribution in [3.8, 4) is 5.75 Å². The molecule has 0 spiro atoms. The Balaban J connectivity index is 2.07. The van der Waals surface area contributed by atoms with Crippen LogP contribution in [0.15, 0.2) is 22.6 Å². The first-order valence-electron chi connectivity index (χ1n) is 6.96. The number of furan rings is 1. The van der Waals surface area contributed by atoms with Gasteiger partial charge in [0.1, 0.15) is 23.9 Å². The molecule has 0 aliphatic rings. The molecule has 2 rings (SSSR count). The van der Waals surface area contributed by atoms with Crippen LogP contribution >= 0.6 is 0 Å². The van der Waals surface area contributed by atoms with E-state index in [1.807, 2.05) is 39.1 Å². The Labute approximate surface area is 120 Å². The maximum atomic E-state index is 5.84. The molecule has 0 amide bonds. The Bertz CT molecular complexity index is 576. The minimum Gasteiger partial charge on any atom is -0.484 e. The van der Waals surface area contributed by atoms with Crippen molar-refractivity contribution in [2.24, 2.45) is 0 Å². The van der Waals surface area contributed by atoms with Gasteiger partial charge in [-0.15, -0.1) is 0 Å². The van der Waals surface area contributed by atoms with Crippen molar-refractivity contribution in [1.29, 1.82) is 0 Å². The smallest absolute Gasteiger partial charge is 0.146 e. The summed E-state index contributed by atoms with van der Waals surface area (Å²) >= 11 is 0. The van der Waals surface area contributed by atoms with Crippen molar-refractivity contribution in [2.45, 2.75) is 40.3 Å². The minimum absolute atomic E-state index is 0.433. The Kier molecular flexibility index (Phi) is 4.79. The SMILES string of the molecule is CCc1nc(C)ccc1OCc1cc(C)c(CNC)o1. The lowest BCUT2D eigenvalue weighted by Crippen LogP contribution is -2.04. The van der Waals surface area contributed by atoms with Crippen molar-refractivity contribution in [2.75, 3.05) is 7.05 Å². The van der Waals surface area contributed by atoms with E-state index in [9.17, 15) is 0 Å². The predicted octanol–water partition coefficient (Wildman–Crippen LogP) is 3.15.